The molecule has 1 saturated carbocycles. The molecular weight excluding hydrogens is 274 g/mol. The van der Waals surface area contributed by atoms with Crippen molar-refractivity contribution in [2.75, 3.05) is 11.9 Å². The Bertz CT molecular complexity index is 498. The molecule has 22 heavy (non-hydrogen) atoms. The summed E-state index contributed by atoms with van der Waals surface area (Å²) in [4.78, 5) is 12.1. The largest absolute Gasteiger partial charge is 0.368 e. The maximum atomic E-state index is 12.1. The third-order valence-corrected chi connectivity index (χ3v) is 4.81. The summed E-state index contributed by atoms with van der Waals surface area (Å²) in [5, 5.41) is 2.94. The van der Waals surface area contributed by atoms with Crippen LogP contribution in [-0.4, -0.2) is 18.6 Å². The molecule has 1 aromatic carbocycles. The molecule has 0 aromatic heterocycles. The highest BCUT2D eigenvalue weighted by Gasteiger charge is 2.31. The van der Waals surface area contributed by atoms with Gasteiger partial charge in [0.1, 0.15) is 6.61 Å². The molecule has 0 spiro atoms. The molecule has 1 amide bonds. The molecule has 3 nitrogen and oxygen atoms in total. The van der Waals surface area contributed by atoms with Crippen LogP contribution < -0.4 is 5.32 Å². The van der Waals surface area contributed by atoms with Crippen LogP contribution >= 0.6 is 0 Å². The van der Waals surface area contributed by atoms with Crippen LogP contribution in [-0.2, 0) is 9.53 Å². The lowest BCUT2D eigenvalue weighted by Gasteiger charge is -2.37. The van der Waals surface area contributed by atoms with Crippen LogP contribution in [0.2, 0.25) is 0 Å². The van der Waals surface area contributed by atoms with Crippen LogP contribution in [0.15, 0.2) is 24.3 Å². The van der Waals surface area contributed by atoms with Gasteiger partial charge in [0.2, 0.25) is 5.91 Å². The second kappa shape index (κ2) is 7.77. The van der Waals surface area contributed by atoms with E-state index in [-0.39, 0.29) is 18.6 Å². The monoisotopic (exact) mass is 303 g/mol. The van der Waals surface area contributed by atoms with E-state index < -0.39 is 0 Å². The Kier molecular flexibility index (Phi) is 6.01. The predicted molar refractivity (Wildman–Crippen MR) is 90.9 cm³/mol. The van der Waals surface area contributed by atoms with E-state index in [2.05, 4.69) is 26.1 Å². The molecule has 0 aliphatic heterocycles. The van der Waals surface area contributed by atoms with E-state index in [1.54, 1.807) is 0 Å². The number of nitrogens with one attached hydrogen (secondary N) is 1. The third-order valence-electron chi connectivity index (χ3n) is 4.81. The summed E-state index contributed by atoms with van der Waals surface area (Å²) < 4.78 is 5.99. The zero-order chi connectivity index (χ0) is 16.1. The summed E-state index contributed by atoms with van der Waals surface area (Å²) in [5.74, 6) is 1.81. The van der Waals surface area contributed by atoms with E-state index >= 15 is 0 Å². The highest BCUT2D eigenvalue weighted by molar-refractivity contribution is 5.92. The van der Waals surface area contributed by atoms with Gasteiger partial charge in [0.05, 0.1) is 6.10 Å². The first-order valence-electron chi connectivity index (χ1n) is 8.44. The minimum absolute atomic E-state index is 0.0602. The van der Waals surface area contributed by atoms with Gasteiger partial charge in [0.15, 0.2) is 0 Å². The fourth-order valence-corrected chi connectivity index (χ4v) is 3.39. The summed E-state index contributed by atoms with van der Waals surface area (Å²) in [5.41, 5.74) is 1.94. The summed E-state index contributed by atoms with van der Waals surface area (Å²) in [7, 11) is 0. The topological polar surface area (TPSA) is 38.3 Å². The number of aryl methyl sites for hydroxylation is 1. The van der Waals surface area contributed by atoms with E-state index in [0.29, 0.717) is 17.8 Å². The maximum Gasteiger partial charge on any atom is 0.250 e. The molecule has 1 N–H and O–H groups in total. The van der Waals surface area contributed by atoms with Crippen molar-refractivity contribution in [1.82, 2.24) is 0 Å². The molecule has 2 rings (SSSR count). The van der Waals surface area contributed by atoms with Crippen molar-refractivity contribution in [1.29, 1.82) is 0 Å². The van der Waals surface area contributed by atoms with Crippen molar-refractivity contribution < 1.29 is 9.53 Å². The molecule has 0 saturated heterocycles. The SMILES string of the molecule is Cc1ccccc1NC(=O)CO[C@@H]1C[C@@H](C)CC[C@@H]1C(C)C. The Morgan fingerprint density at radius 1 is 1.32 bits per heavy atom. The van der Waals surface area contributed by atoms with Gasteiger partial charge in [-0.2, -0.15) is 0 Å². The Hall–Kier alpha value is -1.35. The van der Waals surface area contributed by atoms with Crippen molar-refractivity contribution >= 4 is 11.6 Å². The number of carbonyl (C=O) groups excluding carboxylic acids is 1. The summed E-state index contributed by atoms with van der Waals surface area (Å²) in [6, 6.07) is 7.82. The van der Waals surface area contributed by atoms with Gasteiger partial charge in [-0.3, -0.25) is 4.79 Å². The smallest absolute Gasteiger partial charge is 0.250 e. The number of hydrogen-bond acceptors (Lipinski definition) is 2. The Balaban J connectivity index is 1.87. The molecule has 3 atom stereocenters. The average Bonchev–Trinajstić information content (AvgIpc) is 2.47. The van der Waals surface area contributed by atoms with Gasteiger partial charge in [-0.15, -0.1) is 0 Å². The van der Waals surface area contributed by atoms with Crippen LogP contribution in [0.4, 0.5) is 5.69 Å². The zero-order valence-corrected chi connectivity index (χ0v) is 14.3. The third kappa shape index (κ3) is 4.57. The van der Waals surface area contributed by atoms with Crippen molar-refractivity contribution in [2.45, 2.75) is 53.1 Å². The number of rotatable bonds is 5. The number of benzene rings is 1. The van der Waals surface area contributed by atoms with Crippen LogP contribution in [0, 0.1) is 24.7 Å². The first kappa shape index (κ1) is 17.0. The molecule has 0 radical (unpaired) electrons. The lowest BCUT2D eigenvalue weighted by Crippen LogP contribution is -2.36. The van der Waals surface area contributed by atoms with Gasteiger partial charge in [0, 0.05) is 5.69 Å². The maximum absolute atomic E-state index is 12.1. The first-order chi connectivity index (χ1) is 10.5. The zero-order valence-electron chi connectivity index (χ0n) is 14.3. The van der Waals surface area contributed by atoms with Gasteiger partial charge >= 0.3 is 0 Å². The van der Waals surface area contributed by atoms with Gasteiger partial charge in [0.25, 0.3) is 0 Å². The molecule has 1 fully saturated rings. The molecule has 122 valence electrons. The minimum atomic E-state index is -0.0602. The molecule has 0 bridgehead atoms. The molecule has 3 heteroatoms. The number of para-hydroxylation sites is 1. The van der Waals surface area contributed by atoms with Crippen LogP contribution in [0.1, 0.15) is 45.6 Å². The van der Waals surface area contributed by atoms with Gasteiger partial charge in [-0.1, -0.05) is 45.4 Å². The van der Waals surface area contributed by atoms with Crippen molar-refractivity contribution in [3.8, 4) is 0 Å². The number of ether oxygens (including phenoxy) is 1. The Morgan fingerprint density at radius 2 is 2.05 bits per heavy atom. The summed E-state index contributed by atoms with van der Waals surface area (Å²) >= 11 is 0. The lowest BCUT2D eigenvalue weighted by atomic mass is 9.75. The number of carbonyl (C=O) groups is 1. The molecule has 1 aliphatic rings. The molecule has 0 unspecified atom stereocenters. The van der Waals surface area contributed by atoms with E-state index in [4.69, 9.17) is 4.74 Å². The minimum Gasteiger partial charge on any atom is -0.368 e. The van der Waals surface area contributed by atoms with Gasteiger partial charge in [-0.05, 0) is 49.1 Å². The first-order valence-corrected chi connectivity index (χ1v) is 8.44. The Morgan fingerprint density at radius 3 is 2.73 bits per heavy atom. The number of amides is 1. The fraction of sp³-hybridized carbons (Fsp3) is 0.632. The van der Waals surface area contributed by atoms with Crippen LogP contribution in [0.5, 0.6) is 0 Å². The average molecular weight is 303 g/mol. The lowest BCUT2D eigenvalue weighted by molar-refractivity contribution is -0.126. The van der Waals surface area contributed by atoms with E-state index in [0.717, 1.165) is 17.7 Å². The molecule has 1 aliphatic carbocycles. The normalized spacial score (nSPS) is 25.2. The van der Waals surface area contributed by atoms with E-state index in [9.17, 15) is 4.79 Å². The highest BCUT2D eigenvalue weighted by Crippen LogP contribution is 2.35. The van der Waals surface area contributed by atoms with Crippen molar-refractivity contribution in [3.05, 3.63) is 29.8 Å². The Labute approximate surface area is 134 Å². The number of anilines is 1. The quantitative estimate of drug-likeness (QED) is 0.875. The van der Waals surface area contributed by atoms with Crippen molar-refractivity contribution in [2.24, 2.45) is 17.8 Å². The summed E-state index contributed by atoms with van der Waals surface area (Å²) in [6.07, 6.45) is 3.77. The standard InChI is InChI=1S/C19H29NO2/c1-13(2)16-10-9-14(3)11-18(16)22-12-19(21)20-17-8-6-5-7-15(17)4/h5-8,13-14,16,18H,9-12H2,1-4H3,(H,20,21)/t14-,16+,18+/m0/s1. The highest BCUT2D eigenvalue weighted by atomic mass is 16.5. The van der Waals surface area contributed by atoms with Crippen LogP contribution in [0.3, 0.4) is 0 Å². The van der Waals surface area contributed by atoms with Crippen LogP contribution in [0.25, 0.3) is 0 Å². The summed E-state index contributed by atoms with van der Waals surface area (Å²) in [6.45, 7) is 8.93. The van der Waals surface area contributed by atoms with Gasteiger partial charge < -0.3 is 10.1 Å². The van der Waals surface area contributed by atoms with E-state index in [1.807, 2.05) is 31.2 Å². The van der Waals surface area contributed by atoms with Gasteiger partial charge in [-0.25, -0.2) is 0 Å². The second-order valence-corrected chi connectivity index (χ2v) is 7.04. The second-order valence-electron chi connectivity index (χ2n) is 7.04. The predicted octanol–water partition coefficient (Wildman–Crippen LogP) is 4.41. The fourth-order valence-electron chi connectivity index (χ4n) is 3.39. The number of hydrogen-bond donors (Lipinski definition) is 1. The molecule has 0 heterocycles. The van der Waals surface area contributed by atoms with Crippen molar-refractivity contribution in [3.63, 3.8) is 0 Å². The molecule has 1 aromatic rings. The van der Waals surface area contributed by atoms with E-state index in [1.165, 1.54) is 12.8 Å². The molecular formula is C19H29NO2.